The standard InChI is InChI=1S/C22H22N6O2/c1-14-3-8-19(29)20-17-13-22(2,10-9-18(17)25-28(14)20)24-21(30)15-4-6-16(7-5-15)27-12-11-23-26-27/h3-8,11-12,29H,9-10,13H2,1-2H3,(H,24,30). The van der Waals surface area contributed by atoms with Gasteiger partial charge >= 0.3 is 0 Å². The summed E-state index contributed by atoms with van der Waals surface area (Å²) in [5.74, 6) is 0.0941. The van der Waals surface area contributed by atoms with E-state index in [0.717, 1.165) is 41.0 Å². The van der Waals surface area contributed by atoms with Gasteiger partial charge in [0.25, 0.3) is 5.91 Å². The van der Waals surface area contributed by atoms with Gasteiger partial charge in [0, 0.05) is 22.4 Å². The Morgan fingerprint density at radius 1 is 1.20 bits per heavy atom. The van der Waals surface area contributed by atoms with Crippen LogP contribution in [-0.2, 0) is 12.8 Å². The lowest BCUT2D eigenvalue weighted by Crippen LogP contribution is -2.49. The quantitative estimate of drug-likeness (QED) is 0.549. The average Bonchev–Trinajstić information content (AvgIpc) is 3.39. The molecular formula is C22H22N6O2. The zero-order valence-electron chi connectivity index (χ0n) is 16.8. The van der Waals surface area contributed by atoms with Gasteiger partial charge in [-0.15, -0.1) is 5.10 Å². The van der Waals surface area contributed by atoms with E-state index in [1.54, 1.807) is 39.8 Å². The SMILES string of the molecule is Cc1ccc(O)c2c3c(nn12)CCC(C)(NC(=O)c1ccc(-n2ccnn2)cc1)C3. The fourth-order valence-electron chi connectivity index (χ4n) is 4.19. The number of carbonyl (C=O) groups is 1. The van der Waals surface area contributed by atoms with Crippen LogP contribution in [0.3, 0.4) is 0 Å². The zero-order chi connectivity index (χ0) is 20.9. The number of aromatic nitrogens is 5. The van der Waals surface area contributed by atoms with Gasteiger partial charge in [0.1, 0.15) is 11.3 Å². The molecule has 1 amide bonds. The van der Waals surface area contributed by atoms with Crippen LogP contribution >= 0.6 is 0 Å². The van der Waals surface area contributed by atoms with Crippen LogP contribution in [0, 0.1) is 6.92 Å². The summed E-state index contributed by atoms with van der Waals surface area (Å²) in [6.45, 7) is 4.02. The number of nitrogens with zero attached hydrogens (tertiary/aromatic N) is 5. The number of benzene rings is 1. The van der Waals surface area contributed by atoms with Crippen molar-refractivity contribution >= 4 is 11.4 Å². The first-order valence-electron chi connectivity index (χ1n) is 9.92. The second-order valence-electron chi connectivity index (χ2n) is 8.13. The normalized spacial score (nSPS) is 18.3. The van der Waals surface area contributed by atoms with E-state index >= 15 is 0 Å². The summed E-state index contributed by atoms with van der Waals surface area (Å²) in [7, 11) is 0. The van der Waals surface area contributed by atoms with Crippen LogP contribution in [0.1, 0.15) is 40.7 Å². The van der Waals surface area contributed by atoms with Gasteiger partial charge in [-0.2, -0.15) is 5.10 Å². The second-order valence-corrected chi connectivity index (χ2v) is 8.13. The maximum Gasteiger partial charge on any atom is 0.251 e. The third-order valence-corrected chi connectivity index (χ3v) is 5.84. The monoisotopic (exact) mass is 402 g/mol. The van der Waals surface area contributed by atoms with E-state index in [2.05, 4.69) is 20.7 Å². The number of pyridine rings is 1. The summed E-state index contributed by atoms with van der Waals surface area (Å²) in [5, 5.41) is 26.1. The van der Waals surface area contributed by atoms with Crippen molar-refractivity contribution in [3.8, 4) is 11.4 Å². The van der Waals surface area contributed by atoms with Crippen LogP contribution in [0.5, 0.6) is 5.75 Å². The molecule has 1 aromatic carbocycles. The lowest BCUT2D eigenvalue weighted by atomic mass is 9.81. The van der Waals surface area contributed by atoms with E-state index in [-0.39, 0.29) is 11.7 Å². The molecule has 2 N–H and O–H groups in total. The third kappa shape index (κ3) is 3.01. The lowest BCUT2D eigenvalue weighted by molar-refractivity contribution is 0.0898. The highest BCUT2D eigenvalue weighted by Crippen LogP contribution is 2.35. The molecule has 0 saturated heterocycles. The summed E-state index contributed by atoms with van der Waals surface area (Å²) in [4.78, 5) is 12.9. The number of nitrogens with one attached hydrogen (secondary N) is 1. The predicted octanol–water partition coefficient (Wildman–Crippen LogP) is 2.61. The van der Waals surface area contributed by atoms with E-state index < -0.39 is 5.54 Å². The Hall–Kier alpha value is -3.68. The minimum atomic E-state index is -0.422. The van der Waals surface area contributed by atoms with Crippen LogP contribution in [0.2, 0.25) is 0 Å². The van der Waals surface area contributed by atoms with E-state index in [9.17, 15) is 9.90 Å². The maximum atomic E-state index is 12.9. The molecule has 0 radical (unpaired) electrons. The largest absolute Gasteiger partial charge is 0.506 e. The van der Waals surface area contributed by atoms with Crippen molar-refractivity contribution in [1.82, 2.24) is 29.9 Å². The molecule has 0 spiro atoms. The van der Waals surface area contributed by atoms with E-state index in [0.29, 0.717) is 12.0 Å². The topological polar surface area (TPSA) is 97.3 Å². The molecule has 3 heterocycles. The van der Waals surface area contributed by atoms with Gasteiger partial charge in [0.05, 0.1) is 23.8 Å². The van der Waals surface area contributed by atoms with Gasteiger partial charge in [0.2, 0.25) is 0 Å². The van der Waals surface area contributed by atoms with Gasteiger partial charge < -0.3 is 10.4 Å². The van der Waals surface area contributed by atoms with Crippen LogP contribution in [0.25, 0.3) is 11.2 Å². The average molecular weight is 402 g/mol. The van der Waals surface area contributed by atoms with Crippen molar-refractivity contribution in [2.75, 3.05) is 0 Å². The fraction of sp³-hybridized carbons (Fsp3) is 0.273. The molecule has 0 saturated carbocycles. The first-order chi connectivity index (χ1) is 14.4. The second kappa shape index (κ2) is 6.69. The minimum Gasteiger partial charge on any atom is -0.506 e. The number of carbonyl (C=O) groups excluding carboxylic acids is 1. The molecule has 1 aliphatic rings. The molecule has 152 valence electrons. The molecule has 5 rings (SSSR count). The fourth-order valence-corrected chi connectivity index (χ4v) is 4.19. The highest BCUT2D eigenvalue weighted by Gasteiger charge is 2.35. The smallest absolute Gasteiger partial charge is 0.251 e. The number of rotatable bonds is 3. The van der Waals surface area contributed by atoms with Crippen LogP contribution in [0.15, 0.2) is 48.8 Å². The van der Waals surface area contributed by atoms with Crippen LogP contribution in [-0.4, -0.2) is 41.2 Å². The summed E-state index contributed by atoms with van der Waals surface area (Å²) < 4.78 is 3.45. The Kier molecular flexibility index (Phi) is 4.09. The molecule has 1 unspecified atom stereocenters. The molecule has 0 aliphatic heterocycles. The Morgan fingerprint density at radius 3 is 2.73 bits per heavy atom. The van der Waals surface area contributed by atoms with Gasteiger partial charge in [-0.3, -0.25) is 4.79 Å². The molecule has 1 aliphatic carbocycles. The molecule has 0 fully saturated rings. The first kappa shape index (κ1) is 18.4. The van der Waals surface area contributed by atoms with Gasteiger partial charge in [-0.25, -0.2) is 9.20 Å². The number of amides is 1. The molecule has 4 aromatic rings. The summed E-state index contributed by atoms with van der Waals surface area (Å²) in [5.41, 5.74) is 4.71. The van der Waals surface area contributed by atoms with E-state index in [4.69, 9.17) is 0 Å². The molecule has 3 aromatic heterocycles. The highest BCUT2D eigenvalue weighted by atomic mass is 16.3. The lowest BCUT2D eigenvalue weighted by Gasteiger charge is -2.34. The molecule has 0 bridgehead atoms. The minimum absolute atomic E-state index is 0.122. The molecule has 8 heteroatoms. The predicted molar refractivity (Wildman–Crippen MR) is 111 cm³/mol. The van der Waals surface area contributed by atoms with Crippen molar-refractivity contribution < 1.29 is 9.90 Å². The van der Waals surface area contributed by atoms with E-state index in [1.165, 1.54) is 0 Å². The number of hydrogen-bond donors (Lipinski definition) is 2. The van der Waals surface area contributed by atoms with Crippen molar-refractivity contribution in [1.29, 1.82) is 0 Å². The first-order valence-corrected chi connectivity index (χ1v) is 9.92. The van der Waals surface area contributed by atoms with E-state index in [1.807, 2.05) is 32.0 Å². The van der Waals surface area contributed by atoms with Crippen LogP contribution < -0.4 is 5.32 Å². The number of hydrogen-bond acceptors (Lipinski definition) is 5. The van der Waals surface area contributed by atoms with Crippen LogP contribution in [0.4, 0.5) is 0 Å². The number of fused-ring (bicyclic) bond motifs is 3. The van der Waals surface area contributed by atoms with Crippen molar-refractivity contribution in [3.63, 3.8) is 0 Å². The Bertz CT molecular complexity index is 1240. The highest BCUT2D eigenvalue weighted by molar-refractivity contribution is 5.95. The molecule has 8 nitrogen and oxygen atoms in total. The Morgan fingerprint density at radius 2 is 2.00 bits per heavy atom. The van der Waals surface area contributed by atoms with Crippen molar-refractivity contribution in [3.05, 3.63) is 71.3 Å². The molecule has 1 atom stereocenters. The van der Waals surface area contributed by atoms with Crippen molar-refractivity contribution in [2.24, 2.45) is 0 Å². The molecular weight excluding hydrogens is 380 g/mol. The number of aryl methyl sites for hydroxylation is 2. The van der Waals surface area contributed by atoms with Gasteiger partial charge in [0.15, 0.2) is 0 Å². The zero-order valence-corrected chi connectivity index (χ0v) is 16.8. The molecule has 30 heavy (non-hydrogen) atoms. The number of aromatic hydroxyl groups is 1. The Balaban J connectivity index is 1.39. The summed E-state index contributed by atoms with van der Waals surface area (Å²) in [6, 6.07) is 10.8. The van der Waals surface area contributed by atoms with Gasteiger partial charge in [-0.1, -0.05) is 5.21 Å². The third-order valence-electron chi connectivity index (χ3n) is 5.84. The van der Waals surface area contributed by atoms with Crippen molar-refractivity contribution in [2.45, 2.75) is 38.6 Å². The van der Waals surface area contributed by atoms with Gasteiger partial charge in [-0.05, 0) is 69.5 Å². The summed E-state index contributed by atoms with van der Waals surface area (Å²) in [6.07, 6.45) is 5.51. The summed E-state index contributed by atoms with van der Waals surface area (Å²) >= 11 is 0. The maximum absolute atomic E-state index is 12.9. The Labute approximate surface area is 173 Å².